The molecule has 0 amide bonds. The molecule has 0 saturated heterocycles. The van der Waals surface area contributed by atoms with Crippen molar-refractivity contribution in [3.05, 3.63) is 281 Å². The second kappa shape index (κ2) is 14.6. The number of benzene rings is 5. The smallest absolute Gasteiger partial charge is 0.204 e. The van der Waals surface area contributed by atoms with Gasteiger partial charge in [-0.05, 0) is 94.2 Å². The van der Waals surface area contributed by atoms with E-state index < -0.39 is 16.4 Å². The molecular weight excluding hydrogens is 976 g/mol. The van der Waals surface area contributed by atoms with Crippen molar-refractivity contribution in [2.45, 2.75) is 23.3 Å². The maximum Gasteiger partial charge on any atom is 0.204 e. The predicted molar refractivity (Wildman–Crippen MR) is 246 cm³/mol. The number of rotatable bonds is 6. The van der Waals surface area contributed by atoms with E-state index in [0.717, 1.165) is 100 Å². The largest absolute Gasteiger partial charge is 0.354 e. The van der Waals surface area contributed by atoms with E-state index in [-0.39, 0.29) is 21.1 Å². The molecule has 0 saturated carbocycles. The number of hydrogen-bond donors (Lipinski definition) is 0. The van der Waals surface area contributed by atoms with Gasteiger partial charge in [-0.15, -0.1) is 22.3 Å². The van der Waals surface area contributed by atoms with Gasteiger partial charge in [-0.3, -0.25) is 19.9 Å². The fourth-order valence-electron chi connectivity index (χ4n) is 11.6. The molecule has 5 aromatic heterocycles. The van der Waals surface area contributed by atoms with Crippen molar-refractivity contribution in [2.24, 2.45) is 7.05 Å². The van der Waals surface area contributed by atoms with E-state index in [2.05, 4.69) is 192 Å². The van der Waals surface area contributed by atoms with Crippen molar-refractivity contribution in [3.8, 4) is 33.4 Å². The Kier molecular flexibility index (Phi) is 8.79. The number of nitrogens with zero attached hydrogens (tertiary/aromatic N) is 6. The van der Waals surface area contributed by atoms with Crippen LogP contribution in [0.2, 0.25) is 0 Å². The molecule has 3 unspecified atom stereocenters. The van der Waals surface area contributed by atoms with Crippen LogP contribution in [0.1, 0.15) is 66.9 Å². The summed E-state index contributed by atoms with van der Waals surface area (Å²) in [6, 6.07) is 58.9. The molecule has 7 heteroatoms. The van der Waals surface area contributed by atoms with Crippen molar-refractivity contribution in [3.63, 3.8) is 0 Å². The van der Waals surface area contributed by atoms with E-state index in [1.165, 1.54) is 0 Å². The molecule has 13 rings (SSSR count). The van der Waals surface area contributed by atoms with E-state index in [4.69, 9.17) is 9.97 Å². The first-order valence-corrected chi connectivity index (χ1v) is 21.7. The molecule has 0 aliphatic heterocycles. The summed E-state index contributed by atoms with van der Waals surface area (Å²) in [5, 5.41) is 0. The Balaban J connectivity index is 0.00000444. The molecule has 3 aliphatic rings. The third-order valence-electron chi connectivity index (χ3n) is 14.1. The molecule has 5 heterocycles. The number of pyridine rings is 4. The standard InChI is InChI=1S/C58H38N6.Pt/c1-38-21-28-62-55(31-38)57(50-19-7-4-16-44(50)47-35-60-26-23-52(47)57)41-13-9-11-39(32-41)56(49-18-6-3-15-43(49)46-34-59-25-22-51(46)56)40-12-10-14-42(33-40)58(64-30-29-63(2)37-64)53-20-8-5-17-45(53)48-36-61-27-24-54(48)58;/h3-31,34-36H,1-2H3;/q-2;. The zero-order valence-corrected chi connectivity index (χ0v) is 37.7. The minimum Gasteiger partial charge on any atom is -0.354 e. The molecule has 65 heavy (non-hydrogen) atoms. The molecule has 0 fully saturated rings. The molecule has 5 aromatic carbocycles. The van der Waals surface area contributed by atoms with Gasteiger partial charge >= 0.3 is 0 Å². The van der Waals surface area contributed by atoms with Crippen LogP contribution in [0.4, 0.5) is 0 Å². The van der Waals surface area contributed by atoms with Gasteiger partial charge in [0.1, 0.15) is 5.54 Å². The van der Waals surface area contributed by atoms with Crippen LogP contribution in [0, 0.1) is 25.4 Å². The molecule has 6 nitrogen and oxygen atoms in total. The molecule has 0 radical (unpaired) electrons. The normalized spacial score (nSPS) is 19.3. The molecule has 3 atom stereocenters. The summed E-state index contributed by atoms with van der Waals surface area (Å²) in [6.45, 7) is 2.14. The van der Waals surface area contributed by atoms with Gasteiger partial charge < -0.3 is 9.13 Å². The van der Waals surface area contributed by atoms with Gasteiger partial charge in [0, 0.05) is 97.7 Å². The topological polar surface area (TPSA) is 60.4 Å². The second-order valence-electron chi connectivity index (χ2n) is 17.2. The summed E-state index contributed by atoms with van der Waals surface area (Å²) in [4.78, 5) is 19.2. The first-order valence-electron chi connectivity index (χ1n) is 21.7. The number of aromatic nitrogens is 6. The van der Waals surface area contributed by atoms with Crippen LogP contribution >= 0.6 is 0 Å². The van der Waals surface area contributed by atoms with Gasteiger partial charge in [0.15, 0.2) is 0 Å². The van der Waals surface area contributed by atoms with Crippen molar-refractivity contribution in [1.29, 1.82) is 0 Å². The first-order chi connectivity index (χ1) is 31.5. The Hall–Kier alpha value is -7.40. The van der Waals surface area contributed by atoms with Gasteiger partial charge in [-0.1, -0.05) is 72.8 Å². The number of hydrogen-bond acceptors (Lipinski definition) is 4. The minimum atomic E-state index is -0.854. The Labute approximate surface area is 392 Å². The van der Waals surface area contributed by atoms with Crippen LogP contribution in [0.15, 0.2) is 195 Å². The van der Waals surface area contributed by atoms with Gasteiger partial charge in [0.25, 0.3) is 0 Å². The van der Waals surface area contributed by atoms with Crippen molar-refractivity contribution >= 4 is 0 Å². The summed E-state index contributed by atoms with van der Waals surface area (Å²) < 4.78 is 4.20. The zero-order chi connectivity index (χ0) is 42.6. The third kappa shape index (κ3) is 5.12. The zero-order valence-electron chi connectivity index (χ0n) is 35.5. The Bertz CT molecular complexity index is 3400. The van der Waals surface area contributed by atoms with Crippen molar-refractivity contribution in [1.82, 2.24) is 24.5 Å². The van der Waals surface area contributed by atoms with Crippen LogP contribution in [-0.2, 0) is 44.5 Å². The molecule has 10 aromatic rings. The molecule has 0 bridgehead atoms. The molecule has 0 N–H and O–H groups in total. The average Bonchev–Trinajstić information content (AvgIpc) is 4.09. The van der Waals surface area contributed by atoms with Crippen LogP contribution in [-0.4, -0.2) is 24.5 Å². The average molecular weight is 1010 g/mol. The Morgan fingerprint density at radius 1 is 0.477 bits per heavy atom. The summed E-state index contributed by atoms with van der Waals surface area (Å²) in [6.07, 6.45) is 21.5. The van der Waals surface area contributed by atoms with Crippen LogP contribution in [0.3, 0.4) is 0 Å². The summed E-state index contributed by atoms with van der Waals surface area (Å²) in [5.41, 5.74) is 17.3. The minimum absolute atomic E-state index is 0. The van der Waals surface area contributed by atoms with E-state index in [1.54, 1.807) is 0 Å². The molecule has 312 valence electrons. The maximum atomic E-state index is 5.21. The van der Waals surface area contributed by atoms with Gasteiger partial charge in [0.05, 0.1) is 18.2 Å². The summed E-state index contributed by atoms with van der Waals surface area (Å²) >= 11 is 0. The van der Waals surface area contributed by atoms with Crippen LogP contribution in [0.5, 0.6) is 0 Å². The predicted octanol–water partition coefficient (Wildman–Crippen LogP) is 10.1. The third-order valence-corrected chi connectivity index (χ3v) is 14.1. The van der Waals surface area contributed by atoms with Gasteiger partial charge in [-0.2, -0.15) is 48.5 Å². The van der Waals surface area contributed by atoms with E-state index in [0.29, 0.717) is 0 Å². The SMILES string of the molecule is Cc1ccnc(C2(c3[c-]c(C4(c5[c-]c(C6(n7[c-][n+](C)cc7)c7ccccc7-c7cnccc76)ccc5)c5ccccc5-c5cnccc54)ccc3)c3ccccc3-c3cnccc32)c1.[Pt]. The molecule has 3 aliphatic carbocycles. The van der Waals surface area contributed by atoms with Gasteiger partial charge in [0.2, 0.25) is 6.33 Å². The van der Waals surface area contributed by atoms with Crippen LogP contribution < -0.4 is 4.57 Å². The fraction of sp³-hybridized carbons (Fsp3) is 0.0862. The second-order valence-corrected chi connectivity index (χ2v) is 17.2. The van der Waals surface area contributed by atoms with Crippen molar-refractivity contribution in [2.75, 3.05) is 0 Å². The number of fused-ring (bicyclic) bond motifs is 9. The number of aryl methyl sites for hydroxylation is 2. The maximum absolute atomic E-state index is 5.21. The van der Waals surface area contributed by atoms with E-state index in [1.807, 2.05) is 55.0 Å². The molecule has 0 spiro atoms. The monoisotopic (exact) mass is 1010 g/mol. The van der Waals surface area contributed by atoms with Gasteiger partial charge in [-0.25, -0.2) is 0 Å². The van der Waals surface area contributed by atoms with Crippen molar-refractivity contribution < 1.29 is 25.6 Å². The summed E-state index contributed by atoms with van der Waals surface area (Å²) in [5.74, 6) is 0. The quantitative estimate of drug-likeness (QED) is 0.123. The van der Waals surface area contributed by atoms with E-state index in [9.17, 15) is 0 Å². The Morgan fingerprint density at radius 2 is 0.938 bits per heavy atom. The fourth-order valence-corrected chi connectivity index (χ4v) is 11.6. The Morgan fingerprint density at radius 3 is 1.54 bits per heavy atom. The van der Waals surface area contributed by atoms with E-state index >= 15 is 0 Å². The molecular formula is C58H38N6Pt-2. The van der Waals surface area contributed by atoms with Crippen LogP contribution in [0.25, 0.3) is 33.4 Å². The summed E-state index contributed by atoms with van der Waals surface area (Å²) in [7, 11) is 2.02. The first kappa shape index (κ1) is 39.2. The number of imidazole rings is 1.